The number of allylic oxidation sites excluding steroid dienone is 1. The standard InChI is InChI=1S/C8H13NO2/c1-7(4-5-9)6-8(10-2)11-3/h4,8H,6H2,1-3H3/b7-4-. The van der Waals surface area contributed by atoms with E-state index in [1.165, 1.54) is 6.08 Å². The minimum absolute atomic E-state index is 0.236. The number of ether oxygens (including phenoxy) is 2. The summed E-state index contributed by atoms with van der Waals surface area (Å²) in [6, 6.07) is 1.95. The number of hydrogen-bond acceptors (Lipinski definition) is 3. The zero-order valence-electron chi connectivity index (χ0n) is 7.13. The Balaban J connectivity index is 3.83. The van der Waals surface area contributed by atoms with Crippen LogP contribution < -0.4 is 0 Å². The molecule has 0 bridgehead atoms. The van der Waals surface area contributed by atoms with Crippen LogP contribution in [0.2, 0.25) is 0 Å². The summed E-state index contributed by atoms with van der Waals surface area (Å²) in [5.74, 6) is 0. The number of rotatable bonds is 4. The van der Waals surface area contributed by atoms with Crippen LogP contribution in [0.15, 0.2) is 11.6 Å². The number of nitriles is 1. The van der Waals surface area contributed by atoms with Crippen LogP contribution >= 0.6 is 0 Å². The fraction of sp³-hybridized carbons (Fsp3) is 0.625. The molecule has 0 aliphatic rings. The second kappa shape index (κ2) is 5.90. The first-order chi connectivity index (χ1) is 5.24. The lowest BCUT2D eigenvalue weighted by Crippen LogP contribution is -2.12. The van der Waals surface area contributed by atoms with Gasteiger partial charge in [-0.2, -0.15) is 5.26 Å². The second-order valence-corrected chi connectivity index (χ2v) is 2.22. The highest BCUT2D eigenvalue weighted by molar-refractivity contribution is 5.11. The summed E-state index contributed by atoms with van der Waals surface area (Å²) in [4.78, 5) is 0. The molecule has 0 atom stereocenters. The Labute approximate surface area is 67.2 Å². The predicted octanol–water partition coefficient (Wildman–Crippen LogP) is 1.47. The topological polar surface area (TPSA) is 42.2 Å². The van der Waals surface area contributed by atoms with Crippen molar-refractivity contribution in [3.05, 3.63) is 11.6 Å². The van der Waals surface area contributed by atoms with Crippen LogP contribution in [0.25, 0.3) is 0 Å². The normalized spacial score (nSPS) is 11.7. The average Bonchev–Trinajstić information content (AvgIpc) is 2.01. The molecule has 0 saturated heterocycles. The van der Waals surface area contributed by atoms with Crippen LogP contribution in [0.4, 0.5) is 0 Å². The van der Waals surface area contributed by atoms with Gasteiger partial charge in [0.2, 0.25) is 0 Å². The first kappa shape index (κ1) is 10.2. The molecule has 0 aromatic rings. The van der Waals surface area contributed by atoms with Gasteiger partial charge >= 0.3 is 0 Å². The molecule has 0 aliphatic carbocycles. The maximum absolute atomic E-state index is 8.29. The van der Waals surface area contributed by atoms with Gasteiger partial charge in [0.05, 0.1) is 6.07 Å². The van der Waals surface area contributed by atoms with Crippen LogP contribution in [0, 0.1) is 11.3 Å². The van der Waals surface area contributed by atoms with E-state index in [-0.39, 0.29) is 6.29 Å². The summed E-state index contributed by atoms with van der Waals surface area (Å²) in [6.45, 7) is 1.87. The van der Waals surface area contributed by atoms with Gasteiger partial charge in [-0.25, -0.2) is 0 Å². The van der Waals surface area contributed by atoms with Crippen molar-refractivity contribution < 1.29 is 9.47 Å². The molecule has 3 heteroatoms. The summed E-state index contributed by atoms with van der Waals surface area (Å²) in [7, 11) is 3.15. The summed E-state index contributed by atoms with van der Waals surface area (Å²) in [6.07, 6.45) is 1.89. The monoisotopic (exact) mass is 155 g/mol. The van der Waals surface area contributed by atoms with Crippen molar-refractivity contribution in [1.82, 2.24) is 0 Å². The molecule has 0 fully saturated rings. The van der Waals surface area contributed by atoms with E-state index in [0.29, 0.717) is 6.42 Å². The van der Waals surface area contributed by atoms with Gasteiger partial charge in [-0.05, 0) is 6.92 Å². The second-order valence-electron chi connectivity index (χ2n) is 2.22. The van der Waals surface area contributed by atoms with Crippen molar-refractivity contribution >= 4 is 0 Å². The fourth-order valence-corrected chi connectivity index (χ4v) is 0.695. The van der Waals surface area contributed by atoms with Crippen LogP contribution in [-0.2, 0) is 9.47 Å². The molecule has 3 nitrogen and oxygen atoms in total. The van der Waals surface area contributed by atoms with Crippen molar-refractivity contribution in [3.63, 3.8) is 0 Å². The molecule has 0 aromatic heterocycles. The molecule has 0 spiro atoms. The Kier molecular flexibility index (Phi) is 5.44. The number of nitrogens with zero attached hydrogens (tertiary/aromatic N) is 1. The number of methoxy groups -OCH3 is 2. The Bertz CT molecular complexity index is 165. The van der Waals surface area contributed by atoms with E-state index in [1.54, 1.807) is 14.2 Å². The zero-order valence-corrected chi connectivity index (χ0v) is 7.13. The third-order valence-electron chi connectivity index (χ3n) is 1.33. The minimum atomic E-state index is -0.236. The highest BCUT2D eigenvalue weighted by Crippen LogP contribution is 2.06. The number of hydrogen-bond donors (Lipinski definition) is 0. The van der Waals surface area contributed by atoms with E-state index < -0.39 is 0 Å². The van der Waals surface area contributed by atoms with Gasteiger partial charge in [0.1, 0.15) is 0 Å². The Morgan fingerprint density at radius 3 is 2.45 bits per heavy atom. The van der Waals surface area contributed by atoms with Crippen molar-refractivity contribution in [3.8, 4) is 6.07 Å². The smallest absolute Gasteiger partial charge is 0.160 e. The van der Waals surface area contributed by atoms with E-state index >= 15 is 0 Å². The molecule has 0 N–H and O–H groups in total. The Morgan fingerprint density at radius 1 is 1.55 bits per heavy atom. The Morgan fingerprint density at radius 2 is 2.09 bits per heavy atom. The molecule has 0 rings (SSSR count). The van der Waals surface area contributed by atoms with Gasteiger partial charge in [0, 0.05) is 26.7 Å². The molecule has 62 valence electrons. The van der Waals surface area contributed by atoms with E-state index in [2.05, 4.69) is 0 Å². The molecule has 0 heterocycles. The van der Waals surface area contributed by atoms with Gasteiger partial charge in [-0.1, -0.05) is 5.57 Å². The molecule has 0 aromatic carbocycles. The zero-order chi connectivity index (χ0) is 8.69. The highest BCUT2D eigenvalue weighted by Gasteiger charge is 2.04. The average molecular weight is 155 g/mol. The fourth-order valence-electron chi connectivity index (χ4n) is 0.695. The molecule has 11 heavy (non-hydrogen) atoms. The third kappa shape index (κ3) is 4.54. The van der Waals surface area contributed by atoms with E-state index in [4.69, 9.17) is 14.7 Å². The molecule has 0 aliphatic heterocycles. The molecule has 0 radical (unpaired) electrons. The Hall–Kier alpha value is -0.850. The van der Waals surface area contributed by atoms with Crippen LogP contribution in [-0.4, -0.2) is 20.5 Å². The van der Waals surface area contributed by atoms with Crippen molar-refractivity contribution in [2.75, 3.05) is 14.2 Å². The van der Waals surface area contributed by atoms with Gasteiger partial charge in [0.15, 0.2) is 6.29 Å². The highest BCUT2D eigenvalue weighted by atomic mass is 16.7. The molecular formula is C8H13NO2. The molecule has 0 amide bonds. The summed E-state index contributed by atoms with van der Waals surface area (Å²) in [5, 5.41) is 8.29. The maximum atomic E-state index is 8.29. The van der Waals surface area contributed by atoms with E-state index in [1.807, 2.05) is 13.0 Å². The van der Waals surface area contributed by atoms with Gasteiger partial charge in [-0.15, -0.1) is 0 Å². The van der Waals surface area contributed by atoms with E-state index in [9.17, 15) is 0 Å². The van der Waals surface area contributed by atoms with Crippen LogP contribution in [0.1, 0.15) is 13.3 Å². The van der Waals surface area contributed by atoms with Gasteiger partial charge in [-0.3, -0.25) is 0 Å². The largest absolute Gasteiger partial charge is 0.356 e. The van der Waals surface area contributed by atoms with Crippen molar-refractivity contribution in [2.24, 2.45) is 0 Å². The lowest BCUT2D eigenvalue weighted by molar-refractivity contribution is -0.100. The lowest BCUT2D eigenvalue weighted by Gasteiger charge is -2.12. The van der Waals surface area contributed by atoms with Gasteiger partial charge in [0.25, 0.3) is 0 Å². The quantitative estimate of drug-likeness (QED) is 0.456. The molecule has 0 unspecified atom stereocenters. The minimum Gasteiger partial charge on any atom is -0.356 e. The first-order valence-electron chi connectivity index (χ1n) is 3.35. The van der Waals surface area contributed by atoms with Crippen LogP contribution in [0.3, 0.4) is 0 Å². The maximum Gasteiger partial charge on any atom is 0.160 e. The molecular weight excluding hydrogens is 142 g/mol. The molecule has 0 saturated carbocycles. The van der Waals surface area contributed by atoms with Gasteiger partial charge < -0.3 is 9.47 Å². The van der Waals surface area contributed by atoms with Crippen LogP contribution in [0.5, 0.6) is 0 Å². The first-order valence-corrected chi connectivity index (χ1v) is 3.35. The van der Waals surface area contributed by atoms with Crippen molar-refractivity contribution in [2.45, 2.75) is 19.6 Å². The predicted molar refractivity (Wildman–Crippen MR) is 41.8 cm³/mol. The SMILES string of the molecule is COC(C/C(C)=C\C#N)OC. The summed E-state index contributed by atoms with van der Waals surface area (Å²) >= 11 is 0. The third-order valence-corrected chi connectivity index (χ3v) is 1.33. The lowest BCUT2D eigenvalue weighted by atomic mass is 10.2. The summed E-state index contributed by atoms with van der Waals surface area (Å²) in [5.41, 5.74) is 0.959. The van der Waals surface area contributed by atoms with E-state index in [0.717, 1.165) is 5.57 Å². The van der Waals surface area contributed by atoms with Crippen molar-refractivity contribution in [1.29, 1.82) is 5.26 Å². The summed E-state index contributed by atoms with van der Waals surface area (Å²) < 4.78 is 9.89.